The molecule has 2 rings (SSSR count). The van der Waals surface area contributed by atoms with Crippen molar-refractivity contribution in [3.63, 3.8) is 0 Å². The van der Waals surface area contributed by atoms with Gasteiger partial charge in [-0.3, -0.25) is 0 Å². The first-order valence-electron chi connectivity index (χ1n) is 6.31. The Labute approximate surface area is 107 Å². The van der Waals surface area contributed by atoms with Gasteiger partial charge in [-0.2, -0.15) is 0 Å². The molecule has 0 aliphatic carbocycles. The Bertz CT molecular complexity index is 380. The number of methoxy groups -OCH3 is 1. The molecule has 0 saturated carbocycles. The number of hydrogen-bond acceptors (Lipinski definition) is 6. The average Bonchev–Trinajstić information content (AvgIpc) is 2.40. The summed E-state index contributed by atoms with van der Waals surface area (Å²) in [5.41, 5.74) is 5.71. The van der Waals surface area contributed by atoms with Crippen molar-refractivity contribution in [2.75, 3.05) is 31.3 Å². The minimum Gasteiger partial charge on any atom is -0.490 e. The second kappa shape index (κ2) is 6.39. The molecule has 2 heterocycles. The predicted molar refractivity (Wildman–Crippen MR) is 69.7 cm³/mol. The normalized spacial score (nSPS) is 19.5. The Morgan fingerprint density at radius 3 is 3.11 bits per heavy atom. The van der Waals surface area contributed by atoms with E-state index in [1.165, 1.54) is 19.2 Å². The second-order valence-electron chi connectivity index (χ2n) is 4.34. The number of rotatable bonds is 5. The van der Waals surface area contributed by atoms with Crippen LogP contribution in [0, 0.1) is 0 Å². The minimum atomic E-state index is 0.351. The van der Waals surface area contributed by atoms with E-state index >= 15 is 0 Å². The molecule has 1 atom stereocenters. The quantitative estimate of drug-likeness (QED) is 0.825. The van der Waals surface area contributed by atoms with Crippen LogP contribution in [0.2, 0.25) is 0 Å². The first kappa shape index (κ1) is 12.9. The smallest absolute Gasteiger partial charge is 0.203 e. The van der Waals surface area contributed by atoms with Gasteiger partial charge in [-0.1, -0.05) is 0 Å². The molecule has 100 valence electrons. The molecule has 1 saturated heterocycles. The van der Waals surface area contributed by atoms with Crippen LogP contribution in [0.3, 0.4) is 0 Å². The van der Waals surface area contributed by atoms with Gasteiger partial charge in [0, 0.05) is 13.2 Å². The summed E-state index contributed by atoms with van der Waals surface area (Å²) >= 11 is 0. The third-order valence-corrected chi connectivity index (χ3v) is 3.07. The van der Waals surface area contributed by atoms with E-state index in [-0.39, 0.29) is 0 Å². The Kier molecular flexibility index (Phi) is 4.58. The zero-order chi connectivity index (χ0) is 12.8. The monoisotopic (exact) mass is 252 g/mol. The van der Waals surface area contributed by atoms with Crippen LogP contribution in [0.15, 0.2) is 6.33 Å². The standard InChI is InChI=1S/C12H20N4O2/c1-17-10-11(13)15-8-16-12(10)14-6-5-9-4-2-3-7-18-9/h8-9H,2-7H2,1H3,(H3,13,14,15,16). The first-order chi connectivity index (χ1) is 8.81. The lowest BCUT2D eigenvalue weighted by molar-refractivity contribution is 0.0134. The molecule has 3 N–H and O–H groups in total. The molecule has 0 aromatic carbocycles. The van der Waals surface area contributed by atoms with Gasteiger partial charge in [0.15, 0.2) is 11.6 Å². The van der Waals surface area contributed by atoms with Gasteiger partial charge in [0.05, 0.1) is 13.2 Å². The molecule has 1 aromatic heterocycles. The van der Waals surface area contributed by atoms with E-state index in [1.807, 2.05) is 0 Å². The van der Waals surface area contributed by atoms with Gasteiger partial charge < -0.3 is 20.5 Å². The molecule has 6 heteroatoms. The number of hydrogen-bond donors (Lipinski definition) is 2. The fraction of sp³-hybridized carbons (Fsp3) is 0.667. The lowest BCUT2D eigenvalue weighted by Gasteiger charge is -2.22. The van der Waals surface area contributed by atoms with Gasteiger partial charge in [-0.15, -0.1) is 0 Å². The summed E-state index contributed by atoms with van der Waals surface area (Å²) in [6.07, 6.45) is 6.33. The van der Waals surface area contributed by atoms with Crippen LogP contribution >= 0.6 is 0 Å². The van der Waals surface area contributed by atoms with Crippen molar-refractivity contribution < 1.29 is 9.47 Å². The maximum absolute atomic E-state index is 5.71. The van der Waals surface area contributed by atoms with E-state index in [0.717, 1.165) is 26.0 Å². The van der Waals surface area contributed by atoms with E-state index in [2.05, 4.69) is 15.3 Å². The lowest BCUT2D eigenvalue weighted by atomic mass is 10.1. The van der Waals surface area contributed by atoms with Gasteiger partial charge >= 0.3 is 0 Å². The van der Waals surface area contributed by atoms with Crippen LogP contribution in [-0.2, 0) is 4.74 Å². The molecule has 6 nitrogen and oxygen atoms in total. The van der Waals surface area contributed by atoms with Gasteiger partial charge in [-0.05, 0) is 25.7 Å². The number of nitrogens with zero attached hydrogens (tertiary/aromatic N) is 2. The van der Waals surface area contributed by atoms with Crippen molar-refractivity contribution in [1.29, 1.82) is 0 Å². The molecule has 1 aliphatic heterocycles. The number of ether oxygens (including phenoxy) is 2. The highest BCUT2D eigenvalue weighted by molar-refractivity contribution is 5.61. The molecule has 0 amide bonds. The average molecular weight is 252 g/mol. The summed E-state index contributed by atoms with van der Waals surface area (Å²) in [4.78, 5) is 8.01. The van der Waals surface area contributed by atoms with Crippen LogP contribution in [0.4, 0.5) is 11.6 Å². The maximum Gasteiger partial charge on any atom is 0.203 e. The number of aromatic nitrogens is 2. The Morgan fingerprint density at radius 2 is 2.39 bits per heavy atom. The molecular formula is C12H20N4O2. The Morgan fingerprint density at radius 1 is 1.50 bits per heavy atom. The van der Waals surface area contributed by atoms with Crippen LogP contribution in [0.25, 0.3) is 0 Å². The number of nitrogens with two attached hydrogens (primary N) is 1. The van der Waals surface area contributed by atoms with Crippen molar-refractivity contribution in [3.8, 4) is 5.75 Å². The largest absolute Gasteiger partial charge is 0.490 e. The highest BCUT2D eigenvalue weighted by Crippen LogP contribution is 2.26. The summed E-state index contributed by atoms with van der Waals surface area (Å²) in [5, 5.41) is 3.22. The van der Waals surface area contributed by atoms with Crippen LogP contribution < -0.4 is 15.8 Å². The van der Waals surface area contributed by atoms with Gasteiger partial charge in [0.25, 0.3) is 0 Å². The molecule has 0 bridgehead atoms. The van der Waals surface area contributed by atoms with Gasteiger partial charge in [-0.25, -0.2) is 9.97 Å². The zero-order valence-corrected chi connectivity index (χ0v) is 10.7. The van der Waals surface area contributed by atoms with E-state index in [4.69, 9.17) is 15.2 Å². The predicted octanol–water partition coefficient (Wildman–Crippen LogP) is 1.44. The summed E-state index contributed by atoms with van der Waals surface area (Å²) < 4.78 is 10.8. The van der Waals surface area contributed by atoms with E-state index < -0.39 is 0 Å². The van der Waals surface area contributed by atoms with E-state index in [1.54, 1.807) is 7.11 Å². The van der Waals surface area contributed by atoms with E-state index in [9.17, 15) is 0 Å². The van der Waals surface area contributed by atoms with Gasteiger partial charge in [0.1, 0.15) is 6.33 Å². The fourth-order valence-electron chi connectivity index (χ4n) is 2.10. The highest BCUT2D eigenvalue weighted by atomic mass is 16.5. The molecule has 1 aliphatic rings. The molecular weight excluding hydrogens is 232 g/mol. The molecule has 1 unspecified atom stereocenters. The third-order valence-electron chi connectivity index (χ3n) is 3.07. The van der Waals surface area contributed by atoms with Crippen molar-refractivity contribution in [2.24, 2.45) is 0 Å². The molecule has 1 fully saturated rings. The summed E-state index contributed by atoms with van der Waals surface area (Å²) in [7, 11) is 1.56. The topological polar surface area (TPSA) is 82.3 Å². The summed E-state index contributed by atoms with van der Waals surface area (Å²) in [5.74, 6) is 1.49. The molecule has 1 aromatic rings. The van der Waals surface area contributed by atoms with Crippen molar-refractivity contribution in [3.05, 3.63) is 6.33 Å². The molecule has 0 radical (unpaired) electrons. The highest BCUT2D eigenvalue weighted by Gasteiger charge is 2.14. The van der Waals surface area contributed by atoms with Crippen molar-refractivity contribution in [1.82, 2.24) is 9.97 Å². The fourth-order valence-corrected chi connectivity index (χ4v) is 2.10. The first-order valence-corrected chi connectivity index (χ1v) is 6.31. The van der Waals surface area contributed by atoms with Crippen molar-refractivity contribution in [2.45, 2.75) is 31.8 Å². The maximum atomic E-state index is 5.71. The van der Waals surface area contributed by atoms with Gasteiger partial charge in [0.2, 0.25) is 5.75 Å². The van der Waals surface area contributed by atoms with Crippen molar-refractivity contribution >= 4 is 11.6 Å². The second-order valence-corrected chi connectivity index (χ2v) is 4.34. The zero-order valence-electron chi connectivity index (χ0n) is 10.7. The number of nitrogens with one attached hydrogen (secondary N) is 1. The summed E-state index contributed by atoms with van der Waals surface area (Å²) in [6, 6.07) is 0. The van der Waals surface area contributed by atoms with Crippen LogP contribution in [-0.4, -0.2) is 36.3 Å². The van der Waals surface area contributed by atoms with Crippen LogP contribution in [0.1, 0.15) is 25.7 Å². The lowest BCUT2D eigenvalue weighted by Crippen LogP contribution is -2.22. The van der Waals surface area contributed by atoms with Crippen LogP contribution in [0.5, 0.6) is 5.75 Å². The molecule has 18 heavy (non-hydrogen) atoms. The summed E-state index contributed by atoms with van der Waals surface area (Å²) in [6.45, 7) is 1.67. The Balaban J connectivity index is 1.84. The SMILES string of the molecule is COc1c(N)ncnc1NCCC1CCCCO1. The minimum absolute atomic E-state index is 0.351. The number of anilines is 2. The van der Waals surface area contributed by atoms with E-state index in [0.29, 0.717) is 23.5 Å². The Hall–Kier alpha value is -1.56. The third kappa shape index (κ3) is 3.22. The molecule has 0 spiro atoms. The number of nitrogen functional groups attached to an aromatic ring is 1.